The fourth-order valence-corrected chi connectivity index (χ4v) is 3.97. The Labute approximate surface area is 157 Å². The van der Waals surface area contributed by atoms with E-state index in [0.29, 0.717) is 5.82 Å². The molecule has 5 heterocycles. The Morgan fingerprint density at radius 2 is 2.30 bits per heavy atom. The fraction of sp³-hybridized carbons (Fsp3) is 0.474. The molecule has 0 unspecified atom stereocenters. The smallest absolute Gasteiger partial charge is 0.231 e. The largest absolute Gasteiger partial charge is 0.339 e. The first-order valence-corrected chi connectivity index (χ1v) is 9.58. The van der Waals surface area contributed by atoms with Gasteiger partial charge in [0.2, 0.25) is 11.7 Å². The summed E-state index contributed by atoms with van der Waals surface area (Å²) in [5.41, 5.74) is 3.32. The molecule has 0 saturated carbocycles. The van der Waals surface area contributed by atoms with Crippen LogP contribution in [-0.2, 0) is 19.6 Å². The van der Waals surface area contributed by atoms with E-state index in [4.69, 9.17) is 9.62 Å². The van der Waals surface area contributed by atoms with Gasteiger partial charge in [-0.2, -0.15) is 10.1 Å². The van der Waals surface area contributed by atoms with Gasteiger partial charge >= 0.3 is 0 Å². The second-order valence-electron chi connectivity index (χ2n) is 7.30. The van der Waals surface area contributed by atoms with E-state index in [0.717, 1.165) is 69.3 Å². The minimum absolute atomic E-state index is 0.274. The van der Waals surface area contributed by atoms with Crippen molar-refractivity contribution < 1.29 is 4.52 Å². The van der Waals surface area contributed by atoms with E-state index in [1.165, 1.54) is 5.69 Å². The Balaban J connectivity index is 1.27. The summed E-state index contributed by atoms with van der Waals surface area (Å²) in [4.78, 5) is 11.2. The predicted octanol–water partition coefficient (Wildman–Crippen LogP) is 1.81. The molecule has 0 spiro atoms. The molecule has 5 rings (SSSR count). The summed E-state index contributed by atoms with van der Waals surface area (Å²) in [7, 11) is 0. The molecule has 2 aliphatic rings. The zero-order chi connectivity index (χ0) is 18.1. The lowest BCUT2D eigenvalue weighted by atomic mass is 9.98. The lowest BCUT2D eigenvalue weighted by molar-refractivity contribution is 0.178. The lowest BCUT2D eigenvalue weighted by Gasteiger charge is -2.30. The highest BCUT2D eigenvalue weighted by Gasteiger charge is 2.27. The van der Waals surface area contributed by atoms with Crippen molar-refractivity contribution in [3.63, 3.8) is 0 Å². The van der Waals surface area contributed by atoms with Gasteiger partial charge in [-0.3, -0.25) is 14.6 Å². The second-order valence-corrected chi connectivity index (χ2v) is 7.30. The molecule has 0 aromatic carbocycles. The van der Waals surface area contributed by atoms with Crippen LogP contribution in [-0.4, -0.2) is 49.4 Å². The maximum Gasteiger partial charge on any atom is 0.231 e. The molecule has 1 N–H and O–H groups in total. The minimum Gasteiger partial charge on any atom is -0.339 e. The summed E-state index contributed by atoms with van der Waals surface area (Å²) in [6.07, 6.45) is 5.71. The molecule has 1 atom stereocenters. The SMILES string of the molecule is c1cncc(-c2noc([C@H]3CCCN(Cc4cc5n(n4)CCNC5)C3)n2)c1. The number of nitrogens with one attached hydrogen (secondary N) is 1. The van der Waals surface area contributed by atoms with Gasteiger partial charge in [-0.1, -0.05) is 5.16 Å². The first-order chi connectivity index (χ1) is 13.3. The van der Waals surface area contributed by atoms with Crippen LogP contribution >= 0.6 is 0 Å². The van der Waals surface area contributed by atoms with Gasteiger partial charge in [0.15, 0.2) is 0 Å². The molecule has 140 valence electrons. The van der Waals surface area contributed by atoms with Gasteiger partial charge in [-0.25, -0.2) is 0 Å². The Kier molecular flexibility index (Phi) is 4.43. The summed E-state index contributed by atoms with van der Waals surface area (Å²) in [6.45, 7) is 5.75. The standard InChI is InChI=1S/C19H23N7O/c1-3-14(10-20-5-1)18-22-19(27-24-18)15-4-2-7-25(12-15)13-16-9-17-11-21-6-8-26(17)23-16/h1,3,5,9-10,15,21H,2,4,6-8,11-13H2/t15-/m0/s1. The van der Waals surface area contributed by atoms with Gasteiger partial charge in [0, 0.05) is 44.1 Å². The van der Waals surface area contributed by atoms with E-state index >= 15 is 0 Å². The van der Waals surface area contributed by atoms with Crippen molar-refractivity contribution in [3.8, 4) is 11.4 Å². The van der Waals surface area contributed by atoms with Crippen LogP contribution in [0.25, 0.3) is 11.4 Å². The van der Waals surface area contributed by atoms with Crippen LogP contribution in [0, 0.1) is 0 Å². The maximum atomic E-state index is 5.58. The van der Waals surface area contributed by atoms with Crippen molar-refractivity contribution in [2.75, 3.05) is 19.6 Å². The van der Waals surface area contributed by atoms with Crippen LogP contribution < -0.4 is 5.32 Å². The molecule has 0 radical (unpaired) electrons. The highest BCUT2D eigenvalue weighted by molar-refractivity contribution is 5.51. The number of pyridine rings is 1. The predicted molar refractivity (Wildman–Crippen MR) is 98.7 cm³/mol. The van der Waals surface area contributed by atoms with Gasteiger partial charge in [-0.05, 0) is 37.6 Å². The third-order valence-electron chi connectivity index (χ3n) is 5.32. The number of hydrogen-bond acceptors (Lipinski definition) is 7. The molecule has 0 aliphatic carbocycles. The summed E-state index contributed by atoms with van der Waals surface area (Å²) >= 11 is 0. The molecule has 0 amide bonds. The first kappa shape index (κ1) is 16.6. The zero-order valence-corrected chi connectivity index (χ0v) is 15.2. The summed E-state index contributed by atoms with van der Waals surface area (Å²) < 4.78 is 7.71. The molecule has 1 fully saturated rings. The van der Waals surface area contributed by atoms with Crippen molar-refractivity contribution in [3.05, 3.63) is 47.9 Å². The third kappa shape index (κ3) is 3.50. The molecule has 8 nitrogen and oxygen atoms in total. The highest BCUT2D eigenvalue weighted by Crippen LogP contribution is 2.28. The van der Waals surface area contributed by atoms with Crippen LogP contribution in [0.1, 0.15) is 36.0 Å². The Morgan fingerprint density at radius 1 is 1.30 bits per heavy atom. The molecule has 0 bridgehead atoms. The van der Waals surface area contributed by atoms with Gasteiger partial charge in [-0.15, -0.1) is 0 Å². The molecule has 3 aromatic heterocycles. The maximum absolute atomic E-state index is 5.58. The number of likely N-dealkylation sites (tertiary alicyclic amines) is 1. The molecular formula is C19H23N7O. The Morgan fingerprint density at radius 3 is 3.19 bits per heavy atom. The fourth-order valence-electron chi connectivity index (χ4n) is 3.97. The van der Waals surface area contributed by atoms with E-state index in [9.17, 15) is 0 Å². The molecule has 3 aromatic rings. The van der Waals surface area contributed by atoms with Gasteiger partial charge in [0.25, 0.3) is 0 Å². The van der Waals surface area contributed by atoms with Crippen LogP contribution in [0.5, 0.6) is 0 Å². The Bertz CT molecular complexity index is 880. The van der Waals surface area contributed by atoms with Crippen molar-refractivity contribution >= 4 is 0 Å². The molecule has 8 heteroatoms. The number of piperidine rings is 1. The molecule has 27 heavy (non-hydrogen) atoms. The van der Waals surface area contributed by atoms with Crippen LogP contribution in [0.3, 0.4) is 0 Å². The number of aromatic nitrogens is 5. The van der Waals surface area contributed by atoms with Gasteiger partial charge < -0.3 is 9.84 Å². The summed E-state index contributed by atoms with van der Waals surface area (Å²) in [5, 5.41) is 12.3. The zero-order valence-electron chi connectivity index (χ0n) is 15.2. The second kappa shape index (κ2) is 7.21. The van der Waals surface area contributed by atoms with Crippen LogP contribution in [0.15, 0.2) is 35.1 Å². The number of nitrogens with zero attached hydrogens (tertiary/aromatic N) is 6. The van der Waals surface area contributed by atoms with Crippen molar-refractivity contribution in [1.29, 1.82) is 0 Å². The summed E-state index contributed by atoms with van der Waals surface area (Å²) in [5.74, 6) is 1.62. The Hall–Kier alpha value is -2.58. The van der Waals surface area contributed by atoms with Gasteiger partial charge in [0.05, 0.1) is 23.9 Å². The lowest BCUT2D eigenvalue weighted by Crippen LogP contribution is -2.34. The highest BCUT2D eigenvalue weighted by atomic mass is 16.5. The molecule has 1 saturated heterocycles. The van der Waals surface area contributed by atoms with E-state index in [1.54, 1.807) is 12.4 Å². The average Bonchev–Trinajstić information content (AvgIpc) is 3.36. The minimum atomic E-state index is 0.274. The average molecular weight is 365 g/mol. The number of rotatable bonds is 4. The van der Waals surface area contributed by atoms with Crippen molar-refractivity contribution in [1.82, 2.24) is 35.1 Å². The first-order valence-electron chi connectivity index (χ1n) is 9.58. The summed E-state index contributed by atoms with van der Waals surface area (Å²) in [6, 6.07) is 6.06. The van der Waals surface area contributed by atoms with E-state index in [2.05, 4.69) is 36.1 Å². The van der Waals surface area contributed by atoms with E-state index in [1.807, 2.05) is 12.1 Å². The van der Waals surface area contributed by atoms with Gasteiger partial charge in [0.1, 0.15) is 0 Å². The topological polar surface area (TPSA) is 84.9 Å². The molecule has 2 aliphatic heterocycles. The van der Waals surface area contributed by atoms with E-state index in [-0.39, 0.29) is 5.92 Å². The van der Waals surface area contributed by atoms with Crippen molar-refractivity contribution in [2.24, 2.45) is 0 Å². The number of fused-ring (bicyclic) bond motifs is 1. The number of hydrogen-bond donors (Lipinski definition) is 1. The third-order valence-corrected chi connectivity index (χ3v) is 5.32. The van der Waals surface area contributed by atoms with Crippen molar-refractivity contribution in [2.45, 2.75) is 38.4 Å². The molecular weight excluding hydrogens is 342 g/mol. The monoisotopic (exact) mass is 365 g/mol. The quantitative estimate of drug-likeness (QED) is 0.755. The van der Waals surface area contributed by atoms with E-state index < -0.39 is 0 Å². The normalized spacial score (nSPS) is 20.5. The van der Waals surface area contributed by atoms with Crippen LogP contribution in [0.2, 0.25) is 0 Å². The van der Waals surface area contributed by atoms with Crippen LogP contribution in [0.4, 0.5) is 0 Å².